The monoisotopic (exact) mass is 381 g/mol. The van der Waals surface area contributed by atoms with Crippen molar-refractivity contribution in [2.75, 3.05) is 11.9 Å². The highest BCUT2D eigenvalue weighted by Gasteiger charge is 2.09. The minimum atomic E-state index is 0.476. The second-order valence-electron chi connectivity index (χ2n) is 5.32. The Kier molecular flexibility index (Phi) is 5.90. The Morgan fingerprint density at radius 1 is 1.23 bits per heavy atom. The Hall–Kier alpha value is -2.81. The van der Waals surface area contributed by atoms with Crippen LogP contribution in [0.4, 0.5) is 5.69 Å². The van der Waals surface area contributed by atoms with Crippen molar-refractivity contribution < 1.29 is 4.74 Å². The molecule has 26 heavy (non-hydrogen) atoms. The second-order valence-corrected chi connectivity index (χ2v) is 6.61. The number of allylic oxidation sites excluding steroid dienone is 1. The van der Waals surface area contributed by atoms with Gasteiger partial charge in [0.1, 0.15) is 22.4 Å². The molecule has 0 amide bonds. The SMILES string of the molecule is CCOc1ccc(N/C=C(\C#N)c2nc(-c3ccc(Cl)cc3)cs2)cc1. The van der Waals surface area contributed by atoms with Crippen LogP contribution in [0, 0.1) is 11.3 Å². The molecule has 6 heteroatoms. The van der Waals surface area contributed by atoms with E-state index in [9.17, 15) is 5.26 Å². The molecule has 4 nitrogen and oxygen atoms in total. The maximum Gasteiger partial charge on any atom is 0.136 e. The summed E-state index contributed by atoms with van der Waals surface area (Å²) in [5, 5.41) is 15.9. The van der Waals surface area contributed by atoms with Crippen LogP contribution in [0.2, 0.25) is 5.02 Å². The number of benzene rings is 2. The normalized spacial score (nSPS) is 11.0. The zero-order valence-corrected chi connectivity index (χ0v) is 15.6. The van der Waals surface area contributed by atoms with E-state index in [4.69, 9.17) is 16.3 Å². The maximum absolute atomic E-state index is 9.46. The molecular formula is C20H16ClN3OS. The molecule has 2 aromatic carbocycles. The highest BCUT2D eigenvalue weighted by atomic mass is 35.5. The molecule has 3 rings (SSSR count). The lowest BCUT2D eigenvalue weighted by molar-refractivity contribution is 0.340. The summed E-state index contributed by atoms with van der Waals surface area (Å²) in [6.45, 7) is 2.58. The van der Waals surface area contributed by atoms with Gasteiger partial charge < -0.3 is 10.1 Å². The van der Waals surface area contributed by atoms with Crippen LogP contribution in [0.15, 0.2) is 60.1 Å². The second kappa shape index (κ2) is 8.52. The van der Waals surface area contributed by atoms with E-state index in [1.807, 2.05) is 60.8 Å². The van der Waals surface area contributed by atoms with Crippen LogP contribution in [0.3, 0.4) is 0 Å². The van der Waals surface area contributed by atoms with Crippen LogP contribution < -0.4 is 10.1 Å². The number of ether oxygens (including phenoxy) is 1. The lowest BCUT2D eigenvalue weighted by Gasteiger charge is -2.05. The summed E-state index contributed by atoms with van der Waals surface area (Å²) >= 11 is 7.35. The molecule has 0 aliphatic rings. The minimum Gasteiger partial charge on any atom is -0.494 e. The van der Waals surface area contributed by atoms with Gasteiger partial charge in [0.2, 0.25) is 0 Å². The van der Waals surface area contributed by atoms with E-state index in [1.54, 1.807) is 6.20 Å². The van der Waals surface area contributed by atoms with E-state index in [1.165, 1.54) is 11.3 Å². The van der Waals surface area contributed by atoms with Crippen molar-refractivity contribution in [2.45, 2.75) is 6.92 Å². The van der Waals surface area contributed by atoms with Crippen molar-refractivity contribution in [1.29, 1.82) is 5.26 Å². The molecule has 0 aliphatic heterocycles. The molecule has 0 aliphatic carbocycles. The standard InChI is InChI=1S/C20H16ClN3OS/c1-2-25-18-9-7-17(8-10-18)23-12-15(11-22)20-24-19(13-26-20)14-3-5-16(21)6-4-14/h3-10,12-13,23H,2H2,1H3/b15-12+. The fourth-order valence-electron chi connectivity index (χ4n) is 2.26. The number of halogens is 1. The lowest BCUT2D eigenvalue weighted by atomic mass is 10.2. The molecule has 1 N–H and O–H groups in total. The molecule has 0 saturated carbocycles. The first kappa shape index (κ1) is 18.0. The summed E-state index contributed by atoms with van der Waals surface area (Å²) in [5.41, 5.74) is 3.14. The lowest BCUT2D eigenvalue weighted by Crippen LogP contribution is -1.93. The van der Waals surface area contributed by atoms with E-state index in [0.29, 0.717) is 22.2 Å². The average molecular weight is 382 g/mol. The number of aromatic nitrogens is 1. The van der Waals surface area contributed by atoms with Gasteiger partial charge in [0.15, 0.2) is 0 Å². The molecule has 0 bridgehead atoms. The third kappa shape index (κ3) is 4.42. The van der Waals surface area contributed by atoms with E-state index in [-0.39, 0.29) is 0 Å². The first-order valence-corrected chi connectivity index (χ1v) is 9.27. The van der Waals surface area contributed by atoms with Gasteiger partial charge in [0.25, 0.3) is 0 Å². The van der Waals surface area contributed by atoms with E-state index >= 15 is 0 Å². The summed E-state index contributed by atoms with van der Waals surface area (Å²) in [6, 6.07) is 17.2. The predicted octanol–water partition coefficient (Wildman–Crippen LogP) is 5.84. The molecule has 0 unspecified atom stereocenters. The number of anilines is 1. The van der Waals surface area contributed by atoms with Gasteiger partial charge in [-0.3, -0.25) is 0 Å². The largest absolute Gasteiger partial charge is 0.494 e. The highest BCUT2D eigenvalue weighted by molar-refractivity contribution is 7.11. The summed E-state index contributed by atoms with van der Waals surface area (Å²) in [7, 11) is 0. The topological polar surface area (TPSA) is 57.9 Å². The Bertz CT molecular complexity index is 940. The molecule has 0 atom stereocenters. The van der Waals surface area contributed by atoms with Gasteiger partial charge in [-0.05, 0) is 43.3 Å². The van der Waals surface area contributed by atoms with Crippen LogP contribution in [-0.2, 0) is 0 Å². The van der Waals surface area contributed by atoms with Crippen molar-refractivity contribution in [1.82, 2.24) is 4.98 Å². The predicted molar refractivity (Wildman–Crippen MR) is 107 cm³/mol. The molecule has 0 fully saturated rings. The van der Waals surface area contributed by atoms with Gasteiger partial charge in [-0.25, -0.2) is 4.98 Å². The number of nitriles is 1. The van der Waals surface area contributed by atoms with E-state index < -0.39 is 0 Å². The van der Waals surface area contributed by atoms with Crippen molar-refractivity contribution in [3.05, 3.63) is 70.1 Å². The number of nitrogens with one attached hydrogen (secondary N) is 1. The van der Waals surface area contributed by atoms with Crippen LogP contribution in [-0.4, -0.2) is 11.6 Å². The van der Waals surface area contributed by atoms with Crippen molar-refractivity contribution in [2.24, 2.45) is 0 Å². The minimum absolute atomic E-state index is 0.476. The van der Waals surface area contributed by atoms with Crippen LogP contribution in [0.5, 0.6) is 5.75 Å². The van der Waals surface area contributed by atoms with Gasteiger partial charge >= 0.3 is 0 Å². The molecule has 0 spiro atoms. The van der Waals surface area contributed by atoms with Crippen LogP contribution >= 0.6 is 22.9 Å². The number of hydrogen-bond donors (Lipinski definition) is 1. The third-order valence-electron chi connectivity index (χ3n) is 3.54. The zero-order valence-electron chi connectivity index (χ0n) is 14.1. The molecule has 3 aromatic rings. The van der Waals surface area contributed by atoms with Gasteiger partial charge in [-0.1, -0.05) is 23.7 Å². The van der Waals surface area contributed by atoms with E-state index in [0.717, 1.165) is 22.7 Å². The number of nitrogens with zero attached hydrogens (tertiary/aromatic N) is 2. The molecule has 0 radical (unpaired) electrons. The summed E-state index contributed by atoms with van der Waals surface area (Å²) < 4.78 is 5.42. The fraction of sp³-hybridized carbons (Fsp3) is 0.100. The molecule has 130 valence electrons. The Morgan fingerprint density at radius 3 is 2.62 bits per heavy atom. The van der Waals surface area contributed by atoms with Crippen molar-refractivity contribution >= 4 is 34.2 Å². The quantitative estimate of drug-likeness (QED) is 0.545. The Labute approximate surface area is 161 Å². The summed E-state index contributed by atoms with van der Waals surface area (Å²) in [6.07, 6.45) is 1.67. The Balaban J connectivity index is 1.75. The molecule has 1 heterocycles. The number of thiazole rings is 1. The van der Waals surface area contributed by atoms with Crippen LogP contribution in [0.1, 0.15) is 11.9 Å². The number of rotatable bonds is 6. The zero-order chi connectivity index (χ0) is 18.4. The summed E-state index contributed by atoms with van der Waals surface area (Å²) in [5.74, 6) is 0.815. The molecule has 1 aromatic heterocycles. The fourth-order valence-corrected chi connectivity index (χ4v) is 3.18. The first-order valence-electron chi connectivity index (χ1n) is 8.01. The molecule has 0 saturated heterocycles. The van der Waals surface area contributed by atoms with E-state index in [2.05, 4.69) is 16.4 Å². The van der Waals surface area contributed by atoms with Crippen molar-refractivity contribution in [3.8, 4) is 23.1 Å². The van der Waals surface area contributed by atoms with Crippen LogP contribution in [0.25, 0.3) is 16.8 Å². The third-order valence-corrected chi connectivity index (χ3v) is 4.67. The average Bonchev–Trinajstić information content (AvgIpc) is 3.14. The van der Waals surface area contributed by atoms with Gasteiger partial charge in [-0.2, -0.15) is 5.26 Å². The van der Waals surface area contributed by atoms with Gasteiger partial charge in [-0.15, -0.1) is 11.3 Å². The highest BCUT2D eigenvalue weighted by Crippen LogP contribution is 2.27. The van der Waals surface area contributed by atoms with Crippen molar-refractivity contribution in [3.63, 3.8) is 0 Å². The number of hydrogen-bond acceptors (Lipinski definition) is 5. The Morgan fingerprint density at radius 2 is 1.96 bits per heavy atom. The van der Waals surface area contributed by atoms with Gasteiger partial charge in [0, 0.05) is 27.9 Å². The molecular weight excluding hydrogens is 366 g/mol. The summed E-state index contributed by atoms with van der Waals surface area (Å²) in [4.78, 5) is 4.56. The van der Waals surface area contributed by atoms with Gasteiger partial charge in [0.05, 0.1) is 12.3 Å². The smallest absolute Gasteiger partial charge is 0.136 e. The first-order chi connectivity index (χ1) is 12.7. The maximum atomic E-state index is 9.46.